The highest BCUT2D eigenvalue weighted by molar-refractivity contribution is 6.60. The number of rotatable bonds is 2. The molecule has 76 valence electrons. The van der Waals surface area contributed by atoms with Crippen LogP contribution < -0.4 is 4.90 Å². The van der Waals surface area contributed by atoms with E-state index in [1.807, 2.05) is 30.3 Å². The fraction of sp³-hybridized carbons (Fsp3) is 0.333. The maximum atomic E-state index is 12.2. The minimum Gasteiger partial charge on any atom is -0.449 e. The van der Waals surface area contributed by atoms with Gasteiger partial charge in [0, 0.05) is 5.69 Å². The van der Waals surface area contributed by atoms with Crippen LogP contribution in [0.25, 0.3) is 0 Å². The fourth-order valence-electron chi connectivity index (χ4n) is 1.60. The summed E-state index contributed by atoms with van der Waals surface area (Å²) in [7, 11) is 0. The Bertz CT molecular complexity index is 306. The molecular weight excluding hydrogens is 190 g/mol. The molecule has 0 aliphatic carbocycles. The molecule has 5 heteroatoms. The SMILES string of the molecule is F[B-](F)(F)C1CN(c2ccccc2)C1. The third-order valence-electron chi connectivity index (χ3n) is 2.57. The predicted octanol–water partition coefficient (Wildman–Crippen LogP) is 2.72. The monoisotopic (exact) mass is 200 g/mol. The molecule has 1 fully saturated rings. The summed E-state index contributed by atoms with van der Waals surface area (Å²) in [5.74, 6) is -1.09. The Balaban J connectivity index is 1.96. The number of nitrogens with zero attached hydrogens (tertiary/aromatic N) is 1. The van der Waals surface area contributed by atoms with Gasteiger partial charge in [0.1, 0.15) is 0 Å². The largest absolute Gasteiger partial charge is 0.484 e. The van der Waals surface area contributed by atoms with Crippen molar-refractivity contribution >= 4 is 12.7 Å². The summed E-state index contributed by atoms with van der Waals surface area (Å²) in [5.41, 5.74) is 0.879. The van der Waals surface area contributed by atoms with Crippen LogP contribution in [0.15, 0.2) is 30.3 Å². The van der Waals surface area contributed by atoms with E-state index in [9.17, 15) is 12.9 Å². The highest BCUT2D eigenvalue weighted by atomic mass is 19.4. The first kappa shape index (κ1) is 9.43. The molecule has 1 heterocycles. The van der Waals surface area contributed by atoms with E-state index in [2.05, 4.69) is 0 Å². The average molecular weight is 200 g/mol. The summed E-state index contributed by atoms with van der Waals surface area (Å²) < 4.78 is 36.7. The van der Waals surface area contributed by atoms with Crippen molar-refractivity contribution < 1.29 is 12.9 Å². The van der Waals surface area contributed by atoms with Gasteiger partial charge in [-0.25, -0.2) is 0 Å². The Kier molecular flexibility index (Phi) is 2.17. The topological polar surface area (TPSA) is 3.24 Å². The predicted molar refractivity (Wildman–Crippen MR) is 51.5 cm³/mol. The molecule has 1 aliphatic heterocycles. The van der Waals surface area contributed by atoms with Crippen LogP contribution in [0.2, 0.25) is 5.82 Å². The quantitative estimate of drug-likeness (QED) is 0.663. The zero-order chi connectivity index (χ0) is 10.2. The molecule has 14 heavy (non-hydrogen) atoms. The van der Waals surface area contributed by atoms with E-state index in [0.717, 1.165) is 5.69 Å². The summed E-state index contributed by atoms with van der Waals surface area (Å²) in [6.07, 6.45) is 0. The number of hydrogen-bond acceptors (Lipinski definition) is 1. The Morgan fingerprint density at radius 3 is 2.14 bits per heavy atom. The molecule has 0 atom stereocenters. The zero-order valence-corrected chi connectivity index (χ0v) is 7.54. The third kappa shape index (κ3) is 1.71. The molecule has 1 aliphatic rings. The molecule has 1 aromatic rings. The maximum Gasteiger partial charge on any atom is 0.484 e. The lowest BCUT2D eigenvalue weighted by molar-refractivity contribution is 0.398. The van der Waals surface area contributed by atoms with Crippen molar-refractivity contribution in [1.82, 2.24) is 0 Å². The Morgan fingerprint density at radius 1 is 1.07 bits per heavy atom. The number of anilines is 1. The van der Waals surface area contributed by atoms with Gasteiger partial charge in [-0.1, -0.05) is 18.2 Å². The van der Waals surface area contributed by atoms with Crippen LogP contribution in [-0.4, -0.2) is 20.1 Å². The van der Waals surface area contributed by atoms with Crippen LogP contribution in [0.3, 0.4) is 0 Å². The van der Waals surface area contributed by atoms with Gasteiger partial charge in [-0.2, -0.15) is 0 Å². The second kappa shape index (κ2) is 3.22. The van der Waals surface area contributed by atoms with Crippen molar-refractivity contribution in [2.75, 3.05) is 18.0 Å². The van der Waals surface area contributed by atoms with Gasteiger partial charge in [-0.05, 0) is 31.0 Å². The summed E-state index contributed by atoms with van der Waals surface area (Å²) >= 11 is 0. The summed E-state index contributed by atoms with van der Waals surface area (Å²) in [4.78, 5) is 1.75. The van der Waals surface area contributed by atoms with Gasteiger partial charge in [0.05, 0.1) is 0 Å². The highest BCUT2D eigenvalue weighted by Crippen LogP contribution is 2.37. The van der Waals surface area contributed by atoms with Gasteiger partial charge in [-0.3, -0.25) is 0 Å². The summed E-state index contributed by atoms with van der Waals surface area (Å²) in [6.45, 7) is -4.41. The van der Waals surface area contributed by atoms with E-state index >= 15 is 0 Å². The second-order valence-electron chi connectivity index (χ2n) is 3.63. The van der Waals surface area contributed by atoms with Crippen LogP contribution in [0.5, 0.6) is 0 Å². The third-order valence-corrected chi connectivity index (χ3v) is 2.57. The summed E-state index contributed by atoms with van der Waals surface area (Å²) in [5, 5.41) is 0. The molecule has 0 radical (unpaired) electrons. The van der Waals surface area contributed by atoms with Crippen molar-refractivity contribution in [1.29, 1.82) is 0 Å². The van der Waals surface area contributed by atoms with Crippen molar-refractivity contribution in [3.05, 3.63) is 30.3 Å². The number of halogens is 3. The van der Waals surface area contributed by atoms with Crippen molar-refractivity contribution in [3.8, 4) is 0 Å². The zero-order valence-electron chi connectivity index (χ0n) is 7.54. The van der Waals surface area contributed by atoms with Gasteiger partial charge in [-0.15, -0.1) is 0 Å². The molecule has 0 spiro atoms. The molecule has 0 saturated carbocycles. The van der Waals surface area contributed by atoms with Gasteiger partial charge in [0.2, 0.25) is 0 Å². The molecule has 1 nitrogen and oxygen atoms in total. The van der Waals surface area contributed by atoms with E-state index in [-0.39, 0.29) is 13.1 Å². The normalized spacial score (nSPS) is 18.1. The molecule has 1 aromatic carbocycles. The lowest BCUT2D eigenvalue weighted by Gasteiger charge is -2.46. The number of benzene rings is 1. The van der Waals surface area contributed by atoms with Gasteiger partial charge >= 0.3 is 6.98 Å². The molecule has 0 bridgehead atoms. The first-order valence-electron chi connectivity index (χ1n) is 4.57. The van der Waals surface area contributed by atoms with Crippen LogP contribution in [0.1, 0.15) is 0 Å². The van der Waals surface area contributed by atoms with Crippen LogP contribution in [0.4, 0.5) is 18.6 Å². The first-order chi connectivity index (χ1) is 6.57. The number of para-hydroxylation sites is 1. The molecular formula is C9H10BF3N-. The van der Waals surface area contributed by atoms with Crippen molar-refractivity contribution in [2.24, 2.45) is 0 Å². The lowest BCUT2D eigenvalue weighted by Crippen LogP contribution is -2.51. The van der Waals surface area contributed by atoms with Gasteiger partial charge < -0.3 is 17.8 Å². The van der Waals surface area contributed by atoms with E-state index in [1.54, 1.807) is 4.90 Å². The minimum atomic E-state index is -4.65. The van der Waals surface area contributed by atoms with Crippen LogP contribution >= 0.6 is 0 Å². The Hall–Kier alpha value is -1.13. The highest BCUT2D eigenvalue weighted by Gasteiger charge is 2.42. The lowest BCUT2D eigenvalue weighted by atomic mass is 9.68. The van der Waals surface area contributed by atoms with E-state index in [0.29, 0.717) is 0 Å². The van der Waals surface area contributed by atoms with Crippen molar-refractivity contribution in [2.45, 2.75) is 5.82 Å². The van der Waals surface area contributed by atoms with Gasteiger partial charge in [0.25, 0.3) is 0 Å². The van der Waals surface area contributed by atoms with Crippen LogP contribution in [-0.2, 0) is 0 Å². The Labute approximate surface area is 80.6 Å². The maximum absolute atomic E-state index is 12.2. The standard InChI is InChI=1S/C9H10BF3N/c11-10(12,13)8-6-14(7-8)9-4-2-1-3-5-9/h1-5,8H,6-7H2/q-1. The van der Waals surface area contributed by atoms with Gasteiger partial charge in [0.15, 0.2) is 0 Å². The van der Waals surface area contributed by atoms with E-state index in [4.69, 9.17) is 0 Å². The Morgan fingerprint density at radius 2 is 1.64 bits per heavy atom. The average Bonchev–Trinajstić information content (AvgIpc) is 2.00. The molecule has 0 N–H and O–H groups in total. The molecule has 0 unspecified atom stereocenters. The fourth-order valence-corrected chi connectivity index (χ4v) is 1.60. The van der Waals surface area contributed by atoms with E-state index in [1.165, 1.54) is 0 Å². The summed E-state index contributed by atoms with van der Waals surface area (Å²) in [6, 6.07) is 9.19. The first-order valence-corrected chi connectivity index (χ1v) is 4.57. The molecule has 1 saturated heterocycles. The second-order valence-corrected chi connectivity index (χ2v) is 3.63. The van der Waals surface area contributed by atoms with Crippen molar-refractivity contribution in [3.63, 3.8) is 0 Å². The minimum absolute atomic E-state index is 0.119. The molecule has 2 rings (SSSR count). The number of hydrogen-bond donors (Lipinski definition) is 0. The smallest absolute Gasteiger partial charge is 0.449 e. The molecule has 0 aromatic heterocycles. The van der Waals surface area contributed by atoms with E-state index < -0.39 is 12.8 Å². The molecule has 0 amide bonds. The van der Waals surface area contributed by atoms with Crippen LogP contribution in [0, 0.1) is 0 Å².